The highest BCUT2D eigenvalue weighted by molar-refractivity contribution is 14.1. The van der Waals surface area contributed by atoms with Gasteiger partial charge in [0.2, 0.25) is 5.91 Å². The predicted octanol–water partition coefficient (Wildman–Crippen LogP) is 3.57. The summed E-state index contributed by atoms with van der Waals surface area (Å²) in [7, 11) is 0. The maximum Gasteiger partial charge on any atom is 0.294 e. The summed E-state index contributed by atoms with van der Waals surface area (Å²) in [4.78, 5) is 40.2. The van der Waals surface area contributed by atoms with Crippen molar-refractivity contribution in [3.63, 3.8) is 0 Å². The molecule has 6 nitrogen and oxygen atoms in total. The number of hydrogen-bond donors (Lipinski definition) is 0. The fourth-order valence-electron chi connectivity index (χ4n) is 2.90. The van der Waals surface area contributed by atoms with E-state index in [0.29, 0.717) is 23.7 Å². The molecule has 1 aromatic rings. The number of benzene rings is 1. The molecule has 9 heteroatoms. The van der Waals surface area contributed by atoms with Gasteiger partial charge in [-0.15, -0.1) is 6.42 Å². The minimum atomic E-state index is -0.430. The molecule has 2 saturated heterocycles. The Bertz CT molecular complexity index is 881. The molecular formula is C19H16I2N2O4S. The number of imide groups is 1. The molecule has 146 valence electrons. The molecule has 3 amide bonds. The predicted molar refractivity (Wildman–Crippen MR) is 125 cm³/mol. The second kappa shape index (κ2) is 9.49. The van der Waals surface area contributed by atoms with Crippen LogP contribution >= 0.6 is 56.9 Å². The molecule has 2 aliphatic rings. The fourth-order valence-corrected chi connectivity index (χ4v) is 5.87. The van der Waals surface area contributed by atoms with Gasteiger partial charge < -0.3 is 9.64 Å². The lowest BCUT2D eigenvalue weighted by molar-refractivity contribution is -0.135. The van der Waals surface area contributed by atoms with Crippen LogP contribution in [0.3, 0.4) is 0 Å². The van der Waals surface area contributed by atoms with Crippen molar-refractivity contribution in [2.45, 2.75) is 12.8 Å². The molecule has 0 N–H and O–H groups in total. The Balaban J connectivity index is 1.76. The van der Waals surface area contributed by atoms with Crippen LogP contribution in [0.25, 0.3) is 6.08 Å². The van der Waals surface area contributed by atoms with Gasteiger partial charge in [-0.3, -0.25) is 19.3 Å². The van der Waals surface area contributed by atoms with E-state index in [9.17, 15) is 14.4 Å². The first-order valence-electron chi connectivity index (χ1n) is 8.49. The SMILES string of the molecule is C#CCOc1c(I)cc(/C=C2\SC(=O)N(CC(=O)N3CCCC3)C2=O)cc1I. The number of nitrogens with zero attached hydrogens (tertiary/aromatic N) is 2. The number of terminal acetylenes is 1. The highest BCUT2D eigenvalue weighted by atomic mass is 127. The summed E-state index contributed by atoms with van der Waals surface area (Å²) in [5, 5.41) is -0.415. The van der Waals surface area contributed by atoms with E-state index in [2.05, 4.69) is 51.1 Å². The first-order valence-corrected chi connectivity index (χ1v) is 11.5. The molecular weight excluding hydrogens is 606 g/mol. The lowest BCUT2D eigenvalue weighted by Crippen LogP contribution is -2.40. The molecule has 28 heavy (non-hydrogen) atoms. The van der Waals surface area contributed by atoms with Crippen molar-refractivity contribution in [1.29, 1.82) is 0 Å². The monoisotopic (exact) mass is 622 g/mol. The molecule has 0 bridgehead atoms. The van der Waals surface area contributed by atoms with Crippen LogP contribution in [0.15, 0.2) is 17.0 Å². The first-order chi connectivity index (χ1) is 13.4. The van der Waals surface area contributed by atoms with Gasteiger partial charge in [-0.25, -0.2) is 0 Å². The summed E-state index contributed by atoms with van der Waals surface area (Å²) in [6.07, 6.45) is 8.83. The first kappa shape index (κ1) is 21.4. The molecule has 0 unspecified atom stereocenters. The molecule has 2 fully saturated rings. The zero-order valence-electron chi connectivity index (χ0n) is 14.7. The van der Waals surface area contributed by atoms with Gasteiger partial charge >= 0.3 is 0 Å². The second-order valence-corrected chi connectivity index (χ2v) is 9.48. The van der Waals surface area contributed by atoms with E-state index < -0.39 is 11.1 Å². The number of halogens is 2. The summed E-state index contributed by atoms with van der Waals surface area (Å²) in [5.74, 6) is 2.52. The molecule has 0 aliphatic carbocycles. The number of ether oxygens (including phenoxy) is 1. The number of rotatable bonds is 5. The van der Waals surface area contributed by atoms with Gasteiger partial charge in [0.25, 0.3) is 11.1 Å². The average Bonchev–Trinajstić information content (AvgIpc) is 3.26. The lowest BCUT2D eigenvalue weighted by Gasteiger charge is -2.18. The van der Waals surface area contributed by atoms with Gasteiger partial charge in [-0.1, -0.05) is 5.92 Å². The van der Waals surface area contributed by atoms with Crippen LogP contribution in [0.4, 0.5) is 4.79 Å². The van der Waals surface area contributed by atoms with Crippen molar-refractivity contribution in [3.05, 3.63) is 29.7 Å². The third-order valence-corrected chi connectivity index (χ3v) is 6.75. The van der Waals surface area contributed by atoms with E-state index in [1.54, 1.807) is 11.0 Å². The van der Waals surface area contributed by atoms with Gasteiger partial charge in [-0.2, -0.15) is 0 Å². The minimum absolute atomic E-state index is 0.176. The van der Waals surface area contributed by atoms with Crippen molar-refractivity contribution in [2.24, 2.45) is 0 Å². The molecule has 0 aromatic heterocycles. The normalized spacial score (nSPS) is 18.1. The lowest BCUT2D eigenvalue weighted by atomic mass is 10.2. The number of amides is 3. The van der Waals surface area contributed by atoms with E-state index in [1.807, 2.05) is 12.1 Å². The van der Waals surface area contributed by atoms with Crippen LogP contribution in [-0.2, 0) is 9.59 Å². The quantitative estimate of drug-likeness (QED) is 0.286. The van der Waals surface area contributed by atoms with Gasteiger partial charge in [0, 0.05) is 13.1 Å². The van der Waals surface area contributed by atoms with Crippen molar-refractivity contribution in [1.82, 2.24) is 9.80 Å². The summed E-state index contributed by atoms with van der Waals surface area (Å²) in [6, 6.07) is 3.72. The van der Waals surface area contributed by atoms with E-state index in [-0.39, 0.29) is 19.1 Å². The molecule has 0 spiro atoms. The van der Waals surface area contributed by atoms with Crippen LogP contribution in [0, 0.1) is 19.5 Å². The maximum atomic E-state index is 12.6. The largest absolute Gasteiger partial charge is 0.479 e. The number of carbonyl (C=O) groups excluding carboxylic acids is 3. The topological polar surface area (TPSA) is 66.9 Å². The summed E-state index contributed by atoms with van der Waals surface area (Å²) >= 11 is 5.14. The molecule has 1 aromatic carbocycles. The van der Waals surface area contributed by atoms with Crippen LogP contribution in [0.5, 0.6) is 5.75 Å². The highest BCUT2D eigenvalue weighted by Gasteiger charge is 2.37. The Morgan fingerprint density at radius 2 is 1.89 bits per heavy atom. The van der Waals surface area contributed by atoms with E-state index >= 15 is 0 Å². The van der Waals surface area contributed by atoms with Crippen molar-refractivity contribution in [3.8, 4) is 18.1 Å². The molecule has 0 radical (unpaired) electrons. The second-order valence-electron chi connectivity index (χ2n) is 6.16. The van der Waals surface area contributed by atoms with Crippen LogP contribution in [0.1, 0.15) is 18.4 Å². The number of likely N-dealkylation sites (tertiary alicyclic amines) is 1. The van der Waals surface area contributed by atoms with E-state index in [1.165, 1.54) is 0 Å². The highest BCUT2D eigenvalue weighted by Crippen LogP contribution is 2.34. The van der Waals surface area contributed by atoms with E-state index in [0.717, 1.165) is 42.2 Å². The van der Waals surface area contributed by atoms with Crippen molar-refractivity contribution < 1.29 is 19.1 Å². The van der Waals surface area contributed by atoms with Gasteiger partial charge in [0.15, 0.2) is 0 Å². The van der Waals surface area contributed by atoms with Crippen LogP contribution in [-0.4, -0.2) is 53.1 Å². The Kier molecular flexibility index (Phi) is 7.27. The van der Waals surface area contributed by atoms with Crippen molar-refractivity contribution >= 4 is 80.1 Å². The number of carbonyl (C=O) groups is 3. The summed E-state index contributed by atoms with van der Waals surface area (Å²) in [6.45, 7) is 1.36. The zero-order chi connectivity index (χ0) is 20.3. The third kappa shape index (κ3) is 4.83. The minimum Gasteiger partial charge on any atom is -0.479 e. The molecule has 2 heterocycles. The van der Waals surface area contributed by atoms with Gasteiger partial charge in [0.05, 0.1) is 12.0 Å². The third-order valence-electron chi connectivity index (χ3n) is 4.24. The number of thioether (sulfide) groups is 1. The fraction of sp³-hybridized carbons (Fsp3) is 0.316. The summed E-state index contributed by atoms with van der Waals surface area (Å²) in [5.41, 5.74) is 0.776. The van der Waals surface area contributed by atoms with Crippen LogP contribution in [0.2, 0.25) is 0 Å². The number of hydrogen-bond acceptors (Lipinski definition) is 5. The molecule has 2 aliphatic heterocycles. The van der Waals surface area contributed by atoms with Crippen molar-refractivity contribution in [2.75, 3.05) is 26.2 Å². The standard InChI is InChI=1S/C19H16I2N2O4S/c1-2-7-27-17-13(20)8-12(9-14(17)21)10-15-18(25)23(19(26)28-15)11-16(24)22-5-3-4-6-22/h1,8-10H,3-7,11H2/b15-10-. The smallest absolute Gasteiger partial charge is 0.294 e. The maximum absolute atomic E-state index is 12.6. The van der Waals surface area contributed by atoms with Crippen LogP contribution < -0.4 is 4.74 Å². The molecule has 0 atom stereocenters. The Hall–Kier alpha value is -1.26. The Labute approximate surface area is 194 Å². The molecule has 0 saturated carbocycles. The Morgan fingerprint density at radius 1 is 1.25 bits per heavy atom. The van der Waals surface area contributed by atoms with Gasteiger partial charge in [0.1, 0.15) is 18.9 Å². The van der Waals surface area contributed by atoms with E-state index in [4.69, 9.17) is 11.2 Å². The average molecular weight is 622 g/mol. The molecule has 3 rings (SSSR count). The van der Waals surface area contributed by atoms with Gasteiger partial charge in [-0.05, 0) is 93.6 Å². The zero-order valence-corrected chi connectivity index (χ0v) is 19.9. The Morgan fingerprint density at radius 3 is 2.50 bits per heavy atom. The summed E-state index contributed by atoms with van der Waals surface area (Å²) < 4.78 is 7.25.